The minimum atomic E-state index is -0.984. The average Bonchev–Trinajstić information content (AvgIpc) is 2.61. The smallest absolute Gasteiger partial charge is 0.341 e. The molecule has 0 heterocycles. The van der Waals surface area contributed by atoms with Crippen LogP contribution in [0.15, 0.2) is 36.4 Å². The van der Waals surface area contributed by atoms with Gasteiger partial charge in [0.2, 0.25) is 0 Å². The topological polar surface area (TPSA) is 73.9 Å². The van der Waals surface area contributed by atoms with Crippen molar-refractivity contribution < 1.29 is 28.2 Å². The maximum atomic E-state index is 13.6. The number of amides is 1. The van der Waals surface area contributed by atoms with E-state index in [-0.39, 0.29) is 10.6 Å². The molecule has 0 aliphatic heterocycles. The molecule has 0 saturated heterocycles. The average molecular weight is 368 g/mol. The minimum Gasteiger partial charge on any atom is -0.493 e. The molecule has 2 aromatic rings. The van der Waals surface area contributed by atoms with Crippen LogP contribution in [0.3, 0.4) is 0 Å². The third-order valence-electron chi connectivity index (χ3n) is 3.15. The summed E-state index contributed by atoms with van der Waals surface area (Å²) in [5, 5.41) is 2.71. The van der Waals surface area contributed by atoms with E-state index in [4.69, 9.17) is 25.8 Å². The molecule has 1 N–H and O–H groups in total. The van der Waals surface area contributed by atoms with Gasteiger partial charge in [0.1, 0.15) is 5.82 Å². The van der Waals surface area contributed by atoms with E-state index in [1.54, 1.807) is 18.2 Å². The zero-order valence-corrected chi connectivity index (χ0v) is 14.2. The van der Waals surface area contributed by atoms with Crippen molar-refractivity contribution in [3.63, 3.8) is 0 Å². The van der Waals surface area contributed by atoms with Crippen LogP contribution in [-0.2, 0) is 9.53 Å². The van der Waals surface area contributed by atoms with Crippen molar-refractivity contribution in [3.05, 3.63) is 52.8 Å². The summed E-state index contributed by atoms with van der Waals surface area (Å²) in [5.74, 6) is -1.43. The summed E-state index contributed by atoms with van der Waals surface area (Å²) in [6.45, 7) is -0.584. The Morgan fingerprint density at radius 3 is 2.48 bits per heavy atom. The van der Waals surface area contributed by atoms with Gasteiger partial charge in [0.25, 0.3) is 5.91 Å². The molecule has 0 unspecified atom stereocenters. The Morgan fingerprint density at radius 1 is 1.08 bits per heavy atom. The molecule has 0 aliphatic rings. The molecule has 0 fully saturated rings. The van der Waals surface area contributed by atoms with E-state index in [9.17, 15) is 14.0 Å². The van der Waals surface area contributed by atoms with Crippen molar-refractivity contribution in [1.82, 2.24) is 0 Å². The molecule has 0 aliphatic carbocycles. The van der Waals surface area contributed by atoms with E-state index in [2.05, 4.69) is 5.32 Å². The van der Waals surface area contributed by atoms with Crippen molar-refractivity contribution >= 4 is 29.2 Å². The molecule has 25 heavy (non-hydrogen) atoms. The Hall–Kier alpha value is -2.80. The summed E-state index contributed by atoms with van der Waals surface area (Å²) in [5.41, 5.74) is 0.0825. The molecule has 6 nitrogen and oxygen atoms in total. The third kappa shape index (κ3) is 4.84. The maximum Gasteiger partial charge on any atom is 0.341 e. The van der Waals surface area contributed by atoms with Crippen LogP contribution in [0.5, 0.6) is 11.5 Å². The second-order valence-electron chi connectivity index (χ2n) is 4.82. The van der Waals surface area contributed by atoms with Crippen LogP contribution in [0.1, 0.15) is 10.4 Å². The lowest BCUT2D eigenvalue weighted by molar-refractivity contribution is -0.119. The van der Waals surface area contributed by atoms with Crippen molar-refractivity contribution in [2.75, 3.05) is 26.1 Å². The Labute approximate surface area is 148 Å². The summed E-state index contributed by atoms with van der Waals surface area (Å²) in [6.07, 6.45) is 0. The number of carbonyl (C=O) groups excluding carboxylic acids is 2. The number of rotatable bonds is 6. The van der Waals surface area contributed by atoms with E-state index >= 15 is 0 Å². The number of hydrogen-bond donors (Lipinski definition) is 1. The number of anilines is 1. The Bertz CT molecular complexity index is 797. The molecule has 2 rings (SSSR count). The zero-order valence-electron chi connectivity index (χ0n) is 13.5. The van der Waals surface area contributed by atoms with Gasteiger partial charge in [0.15, 0.2) is 18.1 Å². The molecule has 132 valence electrons. The van der Waals surface area contributed by atoms with Crippen molar-refractivity contribution in [2.24, 2.45) is 0 Å². The van der Waals surface area contributed by atoms with Crippen LogP contribution < -0.4 is 14.8 Å². The van der Waals surface area contributed by atoms with E-state index < -0.39 is 24.3 Å². The van der Waals surface area contributed by atoms with Gasteiger partial charge >= 0.3 is 5.97 Å². The number of hydrogen-bond acceptors (Lipinski definition) is 5. The number of esters is 1. The van der Waals surface area contributed by atoms with Gasteiger partial charge in [-0.25, -0.2) is 9.18 Å². The third-order valence-corrected chi connectivity index (χ3v) is 3.39. The van der Waals surface area contributed by atoms with Gasteiger partial charge in [-0.2, -0.15) is 0 Å². The van der Waals surface area contributed by atoms with Crippen LogP contribution in [-0.4, -0.2) is 32.7 Å². The van der Waals surface area contributed by atoms with Crippen LogP contribution in [0.4, 0.5) is 10.1 Å². The fraction of sp³-hybridized carbons (Fsp3) is 0.176. The molecule has 1 amide bonds. The predicted molar refractivity (Wildman–Crippen MR) is 89.9 cm³/mol. The van der Waals surface area contributed by atoms with E-state index in [0.29, 0.717) is 17.2 Å². The van der Waals surface area contributed by atoms with Gasteiger partial charge < -0.3 is 19.5 Å². The minimum absolute atomic E-state index is 0.183. The van der Waals surface area contributed by atoms with Crippen molar-refractivity contribution in [1.29, 1.82) is 0 Å². The number of benzene rings is 2. The lowest BCUT2D eigenvalue weighted by Crippen LogP contribution is -2.21. The Kier molecular flexibility index (Phi) is 6.19. The molecular weight excluding hydrogens is 353 g/mol. The van der Waals surface area contributed by atoms with Gasteiger partial charge in [0, 0.05) is 16.8 Å². The number of carbonyl (C=O) groups is 2. The number of nitrogens with one attached hydrogen (secondary N) is 1. The normalized spacial score (nSPS) is 10.1. The fourth-order valence-electron chi connectivity index (χ4n) is 1.97. The highest BCUT2D eigenvalue weighted by Crippen LogP contribution is 2.29. The van der Waals surface area contributed by atoms with Gasteiger partial charge in [-0.15, -0.1) is 0 Å². The van der Waals surface area contributed by atoms with Crippen LogP contribution in [0.2, 0.25) is 5.02 Å². The lowest BCUT2D eigenvalue weighted by atomic mass is 10.2. The molecule has 0 bridgehead atoms. The van der Waals surface area contributed by atoms with E-state index in [0.717, 1.165) is 12.1 Å². The molecule has 8 heteroatoms. The summed E-state index contributed by atoms with van der Waals surface area (Å²) >= 11 is 5.71. The first-order valence-corrected chi connectivity index (χ1v) is 7.46. The quantitative estimate of drug-likeness (QED) is 0.793. The van der Waals surface area contributed by atoms with Gasteiger partial charge in [-0.3, -0.25) is 4.79 Å². The van der Waals surface area contributed by atoms with Gasteiger partial charge in [0.05, 0.1) is 19.8 Å². The molecule has 0 atom stereocenters. The summed E-state index contributed by atoms with van der Waals surface area (Å²) < 4.78 is 28.6. The monoisotopic (exact) mass is 367 g/mol. The first-order valence-electron chi connectivity index (χ1n) is 7.08. The van der Waals surface area contributed by atoms with E-state index in [1.165, 1.54) is 20.3 Å². The largest absolute Gasteiger partial charge is 0.493 e. The lowest BCUT2D eigenvalue weighted by Gasteiger charge is -2.11. The maximum absolute atomic E-state index is 13.6. The fourth-order valence-corrected chi connectivity index (χ4v) is 2.15. The summed E-state index contributed by atoms with van der Waals surface area (Å²) in [7, 11) is 2.95. The predicted octanol–water partition coefficient (Wildman–Crippen LogP) is 3.29. The first kappa shape index (κ1) is 18.5. The summed E-state index contributed by atoms with van der Waals surface area (Å²) in [6, 6.07) is 8.24. The van der Waals surface area contributed by atoms with E-state index in [1.807, 2.05) is 0 Å². The standard InChI is InChI=1S/C17H15ClFNO5/c1-23-14-6-4-11(8-15(14)24-2)20-16(21)9-25-17(22)12-7-10(18)3-5-13(12)19/h3-8H,9H2,1-2H3,(H,20,21). The van der Waals surface area contributed by atoms with Crippen LogP contribution in [0, 0.1) is 5.82 Å². The highest BCUT2D eigenvalue weighted by molar-refractivity contribution is 6.30. The molecule has 0 radical (unpaired) electrons. The highest BCUT2D eigenvalue weighted by atomic mass is 35.5. The number of ether oxygens (including phenoxy) is 3. The second-order valence-corrected chi connectivity index (χ2v) is 5.25. The highest BCUT2D eigenvalue weighted by Gasteiger charge is 2.16. The first-order chi connectivity index (χ1) is 11.9. The molecule has 0 aromatic heterocycles. The molecule has 2 aromatic carbocycles. The van der Waals surface area contributed by atoms with Crippen molar-refractivity contribution in [3.8, 4) is 11.5 Å². The zero-order chi connectivity index (χ0) is 18.4. The Morgan fingerprint density at radius 2 is 1.80 bits per heavy atom. The molecule has 0 saturated carbocycles. The second kappa shape index (κ2) is 8.34. The number of methoxy groups -OCH3 is 2. The number of halogens is 2. The summed E-state index contributed by atoms with van der Waals surface area (Å²) in [4.78, 5) is 23.7. The van der Waals surface area contributed by atoms with Gasteiger partial charge in [-0.1, -0.05) is 11.6 Å². The van der Waals surface area contributed by atoms with Gasteiger partial charge in [-0.05, 0) is 30.3 Å². The SMILES string of the molecule is COc1ccc(NC(=O)COC(=O)c2cc(Cl)ccc2F)cc1OC. The van der Waals surface area contributed by atoms with Crippen LogP contribution >= 0.6 is 11.6 Å². The van der Waals surface area contributed by atoms with Crippen molar-refractivity contribution in [2.45, 2.75) is 0 Å². The molecular formula is C17H15ClFNO5. The van der Waals surface area contributed by atoms with Crippen LogP contribution in [0.25, 0.3) is 0 Å². The Balaban J connectivity index is 1.96. The molecule has 0 spiro atoms.